The standard InChI is InChI=1S/C9H19F3N2/c1-8(2,3)7(13)5-14(4)6-9(10,11)12/h7H,5-6,13H2,1-4H3. The fourth-order valence-electron chi connectivity index (χ4n) is 0.980. The molecule has 0 aromatic heterocycles. The highest BCUT2D eigenvalue weighted by atomic mass is 19.4. The van der Waals surface area contributed by atoms with Crippen molar-refractivity contribution in [2.75, 3.05) is 20.1 Å². The number of nitrogens with zero attached hydrogens (tertiary/aromatic N) is 1. The van der Waals surface area contributed by atoms with E-state index < -0.39 is 12.7 Å². The van der Waals surface area contributed by atoms with Crippen LogP contribution in [0.5, 0.6) is 0 Å². The van der Waals surface area contributed by atoms with Gasteiger partial charge in [0.25, 0.3) is 0 Å². The Labute approximate surface area is 83.3 Å². The molecule has 0 rings (SSSR count). The second kappa shape index (κ2) is 4.49. The average Bonchev–Trinajstić information content (AvgIpc) is 1.79. The van der Waals surface area contributed by atoms with Gasteiger partial charge in [0, 0.05) is 12.6 Å². The van der Waals surface area contributed by atoms with Gasteiger partial charge >= 0.3 is 6.18 Å². The second-order valence-electron chi connectivity index (χ2n) is 4.78. The third-order valence-electron chi connectivity index (χ3n) is 2.07. The molecule has 0 aliphatic heterocycles. The topological polar surface area (TPSA) is 29.3 Å². The van der Waals surface area contributed by atoms with Crippen molar-refractivity contribution in [1.82, 2.24) is 4.90 Å². The summed E-state index contributed by atoms with van der Waals surface area (Å²) in [5.74, 6) is 0. The smallest absolute Gasteiger partial charge is 0.326 e. The van der Waals surface area contributed by atoms with E-state index in [0.29, 0.717) is 0 Å². The van der Waals surface area contributed by atoms with Crippen LogP contribution in [0, 0.1) is 5.41 Å². The lowest BCUT2D eigenvalue weighted by molar-refractivity contribution is -0.143. The fourth-order valence-corrected chi connectivity index (χ4v) is 0.980. The quantitative estimate of drug-likeness (QED) is 0.773. The van der Waals surface area contributed by atoms with Gasteiger partial charge in [-0.3, -0.25) is 4.90 Å². The molecule has 0 amide bonds. The van der Waals surface area contributed by atoms with Crippen molar-refractivity contribution >= 4 is 0 Å². The van der Waals surface area contributed by atoms with E-state index >= 15 is 0 Å². The number of alkyl halides is 3. The normalized spacial score (nSPS) is 16.1. The van der Waals surface area contributed by atoms with E-state index in [2.05, 4.69) is 0 Å². The summed E-state index contributed by atoms with van der Waals surface area (Å²) < 4.78 is 35.9. The van der Waals surface area contributed by atoms with Crippen molar-refractivity contribution in [1.29, 1.82) is 0 Å². The SMILES string of the molecule is CN(CC(N)C(C)(C)C)CC(F)(F)F. The minimum absolute atomic E-state index is 0.167. The third-order valence-corrected chi connectivity index (χ3v) is 2.07. The molecule has 0 aromatic carbocycles. The Morgan fingerprint density at radius 1 is 1.21 bits per heavy atom. The van der Waals surface area contributed by atoms with Crippen LogP contribution in [0.4, 0.5) is 13.2 Å². The highest BCUT2D eigenvalue weighted by Gasteiger charge is 2.31. The monoisotopic (exact) mass is 212 g/mol. The van der Waals surface area contributed by atoms with E-state index in [-0.39, 0.29) is 18.0 Å². The second-order valence-corrected chi connectivity index (χ2v) is 4.78. The lowest BCUT2D eigenvalue weighted by atomic mass is 9.87. The van der Waals surface area contributed by atoms with Crippen LogP contribution in [0.25, 0.3) is 0 Å². The molecule has 5 heteroatoms. The molecular formula is C9H19F3N2. The van der Waals surface area contributed by atoms with Crippen molar-refractivity contribution in [3.8, 4) is 0 Å². The van der Waals surface area contributed by atoms with E-state index in [1.54, 1.807) is 0 Å². The van der Waals surface area contributed by atoms with Crippen molar-refractivity contribution in [2.24, 2.45) is 11.1 Å². The maximum absolute atomic E-state index is 12.0. The van der Waals surface area contributed by atoms with Gasteiger partial charge in [0.15, 0.2) is 0 Å². The Morgan fingerprint density at radius 3 is 1.93 bits per heavy atom. The van der Waals surface area contributed by atoms with Crippen LogP contribution in [0.15, 0.2) is 0 Å². The molecule has 0 aliphatic rings. The van der Waals surface area contributed by atoms with E-state index in [1.165, 1.54) is 11.9 Å². The minimum Gasteiger partial charge on any atom is -0.326 e. The minimum atomic E-state index is -4.15. The van der Waals surface area contributed by atoms with Crippen molar-refractivity contribution in [3.63, 3.8) is 0 Å². The number of hydrogen-bond acceptors (Lipinski definition) is 2. The van der Waals surface area contributed by atoms with Crippen LogP contribution < -0.4 is 5.73 Å². The molecule has 0 fully saturated rings. The van der Waals surface area contributed by atoms with Gasteiger partial charge in [-0.25, -0.2) is 0 Å². The van der Waals surface area contributed by atoms with E-state index in [0.717, 1.165) is 0 Å². The van der Waals surface area contributed by atoms with Crippen LogP contribution >= 0.6 is 0 Å². The molecule has 2 nitrogen and oxygen atoms in total. The van der Waals surface area contributed by atoms with Gasteiger partial charge in [-0.2, -0.15) is 13.2 Å². The Hall–Kier alpha value is -0.290. The molecular weight excluding hydrogens is 193 g/mol. The van der Waals surface area contributed by atoms with Crippen LogP contribution in [0.3, 0.4) is 0 Å². The summed E-state index contributed by atoms with van der Waals surface area (Å²) in [5.41, 5.74) is 5.59. The summed E-state index contributed by atoms with van der Waals surface area (Å²) >= 11 is 0. The highest BCUT2D eigenvalue weighted by Crippen LogP contribution is 2.20. The predicted octanol–water partition coefficient (Wildman–Crippen LogP) is 1.85. The summed E-state index contributed by atoms with van der Waals surface area (Å²) in [4.78, 5) is 1.20. The zero-order valence-corrected chi connectivity index (χ0v) is 9.15. The molecule has 0 heterocycles. The number of halogens is 3. The maximum Gasteiger partial charge on any atom is 0.401 e. The summed E-state index contributed by atoms with van der Waals surface area (Å²) in [5, 5.41) is 0. The van der Waals surface area contributed by atoms with Gasteiger partial charge in [0.2, 0.25) is 0 Å². The summed E-state index contributed by atoms with van der Waals surface area (Å²) in [6.07, 6.45) is -4.15. The van der Waals surface area contributed by atoms with E-state index in [4.69, 9.17) is 5.73 Å². The van der Waals surface area contributed by atoms with Crippen molar-refractivity contribution in [3.05, 3.63) is 0 Å². The molecule has 0 aromatic rings. The Bertz CT molecular complexity index is 172. The van der Waals surface area contributed by atoms with Gasteiger partial charge in [-0.05, 0) is 12.5 Å². The fraction of sp³-hybridized carbons (Fsp3) is 1.00. The van der Waals surface area contributed by atoms with Gasteiger partial charge in [-0.1, -0.05) is 20.8 Å². The van der Waals surface area contributed by atoms with E-state index in [9.17, 15) is 13.2 Å². The molecule has 14 heavy (non-hydrogen) atoms. The molecule has 0 saturated carbocycles. The molecule has 1 unspecified atom stereocenters. The Kier molecular flexibility index (Phi) is 4.39. The lowest BCUT2D eigenvalue weighted by Crippen LogP contribution is -2.46. The lowest BCUT2D eigenvalue weighted by Gasteiger charge is -2.31. The van der Waals surface area contributed by atoms with Gasteiger partial charge < -0.3 is 5.73 Å². The Balaban J connectivity index is 4.01. The first kappa shape index (κ1) is 13.7. The zero-order chi connectivity index (χ0) is 11.6. The Morgan fingerprint density at radius 2 is 1.64 bits per heavy atom. The van der Waals surface area contributed by atoms with Crippen molar-refractivity contribution in [2.45, 2.75) is 33.0 Å². The number of rotatable bonds is 3. The van der Waals surface area contributed by atoms with Gasteiger partial charge in [0.1, 0.15) is 0 Å². The maximum atomic E-state index is 12.0. The van der Waals surface area contributed by atoms with Crippen LogP contribution in [-0.4, -0.2) is 37.3 Å². The first-order chi connectivity index (χ1) is 6.02. The first-order valence-corrected chi connectivity index (χ1v) is 4.53. The predicted molar refractivity (Wildman–Crippen MR) is 51.0 cm³/mol. The van der Waals surface area contributed by atoms with Crippen LogP contribution in [-0.2, 0) is 0 Å². The molecule has 0 radical (unpaired) electrons. The van der Waals surface area contributed by atoms with Gasteiger partial charge in [-0.15, -0.1) is 0 Å². The molecule has 86 valence electrons. The van der Waals surface area contributed by atoms with Crippen LogP contribution in [0.2, 0.25) is 0 Å². The molecule has 0 aliphatic carbocycles. The molecule has 0 saturated heterocycles. The third kappa shape index (κ3) is 6.21. The summed E-state index contributed by atoms with van der Waals surface area (Å²) in [6.45, 7) is 5.09. The van der Waals surface area contributed by atoms with Crippen molar-refractivity contribution < 1.29 is 13.2 Å². The molecule has 0 spiro atoms. The first-order valence-electron chi connectivity index (χ1n) is 4.53. The number of hydrogen-bond donors (Lipinski definition) is 1. The largest absolute Gasteiger partial charge is 0.401 e. The summed E-state index contributed by atoms with van der Waals surface area (Å²) in [6, 6.07) is -0.255. The van der Waals surface area contributed by atoms with E-state index in [1.807, 2.05) is 20.8 Å². The number of likely N-dealkylation sites (N-methyl/N-ethyl adjacent to an activating group) is 1. The van der Waals surface area contributed by atoms with Crippen LogP contribution in [0.1, 0.15) is 20.8 Å². The summed E-state index contributed by atoms with van der Waals surface area (Å²) in [7, 11) is 1.43. The highest BCUT2D eigenvalue weighted by molar-refractivity contribution is 4.79. The molecule has 0 bridgehead atoms. The molecule has 2 N–H and O–H groups in total. The average molecular weight is 212 g/mol. The zero-order valence-electron chi connectivity index (χ0n) is 9.15. The number of nitrogens with two attached hydrogens (primary N) is 1. The molecule has 1 atom stereocenters. The van der Waals surface area contributed by atoms with Gasteiger partial charge in [0.05, 0.1) is 6.54 Å².